The number of aliphatic hydroxyl groups is 1. The van der Waals surface area contributed by atoms with Crippen molar-refractivity contribution in [3.63, 3.8) is 0 Å². The van der Waals surface area contributed by atoms with E-state index in [0.717, 1.165) is 6.42 Å². The predicted molar refractivity (Wildman–Crippen MR) is 95.5 cm³/mol. The number of hydrogen-bond donors (Lipinski definition) is 2. The fourth-order valence-corrected chi connectivity index (χ4v) is 1.93. The van der Waals surface area contributed by atoms with E-state index in [1.54, 1.807) is 32.0 Å². The van der Waals surface area contributed by atoms with Crippen molar-refractivity contribution < 1.29 is 70.8 Å². The molecule has 0 saturated carbocycles. The van der Waals surface area contributed by atoms with Gasteiger partial charge in [-0.25, -0.2) is 0 Å². The van der Waals surface area contributed by atoms with E-state index in [9.17, 15) is 9.90 Å². The summed E-state index contributed by atoms with van der Waals surface area (Å²) in [5.74, 6) is 0.586. The molecule has 0 fully saturated rings. The standard InChI is InChI=1S/C18H29N2O4.K/c1-17(2,22)8-10-24-18(3,4)7-9-20-13-23-15-6-5-14(12-21)16(19)11-15;/h5-6,11-12,22H,7-10,13,19H2,1-4H3;/q-1;+1. The summed E-state index contributed by atoms with van der Waals surface area (Å²) in [5, 5.41) is 14.0. The Morgan fingerprint density at radius 2 is 1.92 bits per heavy atom. The fourth-order valence-electron chi connectivity index (χ4n) is 1.93. The van der Waals surface area contributed by atoms with Gasteiger partial charge in [0, 0.05) is 30.7 Å². The number of hydrogen-bond acceptors (Lipinski definition) is 5. The van der Waals surface area contributed by atoms with Gasteiger partial charge < -0.3 is 25.6 Å². The summed E-state index contributed by atoms with van der Waals surface area (Å²) in [6, 6.07) is 4.93. The third-order valence-electron chi connectivity index (χ3n) is 3.59. The average Bonchev–Trinajstić information content (AvgIpc) is 2.45. The zero-order valence-electron chi connectivity index (χ0n) is 16.0. The SMILES string of the molecule is CC(C)(O)CCOC(C)(C)CC[N-]COc1ccc(C=O)c(N)c1.[K+]. The first-order valence-corrected chi connectivity index (χ1v) is 8.10. The summed E-state index contributed by atoms with van der Waals surface area (Å²) in [5.41, 5.74) is 5.55. The van der Waals surface area contributed by atoms with Crippen molar-refractivity contribution in [1.82, 2.24) is 0 Å². The summed E-state index contributed by atoms with van der Waals surface area (Å²) in [6.45, 7) is 8.89. The topological polar surface area (TPSA) is 95.9 Å². The van der Waals surface area contributed by atoms with Crippen LogP contribution in [0.5, 0.6) is 5.75 Å². The van der Waals surface area contributed by atoms with Crippen LogP contribution in [-0.2, 0) is 4.74 Å². The van der Waals surface area contributed by atoms with Crippen LogP contribution >= 0.6 is 0 Å². The Kier molecular flexibility index (Phi) is 11.7. The molecule has 0 radical (unpaired) electrons. The van der Waals surface area contributed by atoms with E-state index in [-0.39, 0.29) is 63.7 Å². The van der Waals surface area contributed by atoms with Gasteiger partial charge in [0.2, 0.25) is 0 Å². The van der Waals surface area contributed by atoms with Gasteiger partial charge >= 0.3 is 51.4 Å². The van der Waals surface area contributed by atoms with Crippen LogP contribution < -0.4 is 61.9 Å². The Hall–Kier alpha value is 0.00636. The quantitative estimate of drug-likeness (QED) is 0.248. The van der Waals surface area contributed by atoms with Crippen LogP contribution in [0.25, 0.3) is 5.32 Å². The van der Waals surface area contributed by atoms with E-state index in [4.69, 9.17) is 15.2 Å². The van der Waals surface area contributed by atoms with E-state index < -0.39 is 5.60 Å². The molecule has 0 aliphatic heterocycles. The van der Waals surface area contributed by atoms with Gasteiger partial charge in [-0.05, 0) is 52.7 Å². The van der Waals surface area contributed by atoms with Crippen molar-refractivity contribution in [3.05, 3.63) is 29.1 Å². The van der Waals surface area contributed by atoms with Crippen LogP contribution in [-0.4, -0.2) is 42.5 Å². The van der Waals surface area contributed by atoms with Crippen molar-refractivity contribution >= 4 is 12.0 Å². The molecule has 0 aliphatic rings. The van der Waals surface area contributed by atoms with Gasteiger partial charge in [-0.3, -0.25) is 4.79 Å². The Morgan fingerprint density at radius 3 is 2.48 bits per heavy atom. The van der Waals surface area contributed by atoms with Crippen molar-refractivity contribution in [2.75, 3.05) is 25.6 Å². The molecule has 0 saturated heterocycles. The molecule has 0 spiro atoms. The Labute approximate surface area is 193 Å². The Morgan fingerprint density at radius 1 is 1.24 bits per heavy atom. The Bertz CT molecular complexity index is 530. The molecule has 3 N–H and O–H groups in total. The number of nitrogens with two attached hydrogens (primary N) is 1. The molecule has 0 amide bonds. The third-order valence-corrected chi connectivity index (χ3v) is 3.59. The van der Waals surface area contributed by atoms with Gasteiger partial charge in [-0.15, -0.1) is 6.54 Å². The molecule has 0 bridgehead atoms. The first kappa shape index (κ1) is 25.0. The summed E-state index contributed by atoms with van der Waals surface area (Å²) in [6.07, 6.45) is 2.06. The largest absolute Gasteiger partial charge is 1.00 e. The van der Waals surface area contributed by atoms with Crippen LogP contribution in [0.2, 0.25) is 0 Å². The van der Waals surface area contributed by atoms with Crippen molar-refractivity contribution in [1.29, 1.82) is 0 Å². The summed E-state index contributed by atoms with van der Waals surface area (Å²) >= 11 is 0. The smallest absolute Gasteiger partial charge is 0.629 e. The van der Waals surface area contributed by atoms with Crippen molar-refractivity contribution in [3.8, 4) is 5.75 Å². The second-order valence-electron chi connectivity index (χ2n) is 7.05. The number of carbonyl (C=O) groups excluding carboxylic acids is 1. The van der Waals surface area contributed by atoms with Gasteiger partial charge in [-0.1, -0.05) is 0 Å². The van der Waals surface area contributed by atoms with Gasteiger partial charge in [0.05, 0.1) is 11.2 Å². The molecule has 7 heteroatoms. The Balaban J connectivity index is 0.00000576. The van der Waals surface area contributed by atoms with E-state index in [1.165, 1.54) is 0 Å². The third kappa shape index (κ3) is 11.3. The van der Waals surface area contributed by atoms with E-state index in [0.29, 0.717) is 42.9 Å². The summed E-state index contributed by atoms with van der Waals surface area (Å²) in [4.78, 5) is 10.7. The number of carbonyl (C=O) groups is 1. The summed E-state index contributed by atoms with van der Waals surface area (Å²) in [7, 11) is 0. The molecule has 0 aliphatic carbocycles. The van der Waals surface area contributed by atoms with Crippen LogP contribution in [0.1, 0.15) is 50.9 Å². The minimum Gasteiger partial charge on any atom is -0.629 e. The van der Waals surface area contributed by atoms with Crippen LogP contribution in [0.4, 0.5) is 5.69 Å². The fraction of sp³-hybridized carbons (Fsp3) is 0.611. The molecule has 136 valence electrons. The van der Waals surface area contributed by atoms with Crippen molar-refractivity contribution in [2.45, 2.75) is 51.7 Å². The molecular formula is C18H29KN2O4. The molecule has 0 atom stereocenters. The molecule has 25 heavy (non-hydrogen) atoms. The average molecular weight is 377 g/mol. The molecule has 6 nitrogen and oxygen atoms in total. The molecule has 1 aromatic rings. The maximum absolute atomic E-state index is 10.7. The van der Waals surface area contributed by atoms with Crippen LogP contribution in [0.15, 0.2) is 18.2 Å². The maximum Gasteiger partial charge on any atom is 1.00 e. The molecule has 0 heterocycles. The maximum atomic E-state index is 10.7. The number of nitrogen functional groups attached to an aromatic ring is 1. The van der Waals surface area contributed by atoms with Crippen LogP contribution in [0, 0.1) is 0 Å². The summed E-state index contributed by atoms with van der Waals surface area (Å²) < 4.78 is 11.3. The second kappa shape index (κ2) is 11.7. The first-order valence-electron chi connectivity index (χ1n) is 8.10. The number of benzene rings is 1. The minimum absolute atomic E-state index is 0. The zero-order chi connectivity index (χ0) is 18.2. The van der Waals surface area contributed by atoms with Gasteiger partial charge in [0.25, 0.3) is 0 Å². The van der Waals surface area contributed by atoms with Gasteiger partial charge in [0.1, 0.15) is 5.75 Å². The molecule has 0 unspecified atom stereocenters. The minimum atomic E-state index is -0.713. The van der Waals surface area contributed by atoms with Crippen molar-refractivity contribution in [2.24, 2.45) is 0 Å². The van der Waals surface area contributed by atoms with Gasteiger partial charge in [0.15, 0.2) is 6.29 Å². The zero-order valence-corrected chi connectivity index (χ0v) is 19.2. The molecule has 1 aromatic carbocycles. The number of rotatable bonds is 11. The first-order chi connectivity index (χ1) is 11.1. The number of aldehydes is 1. The monoisotopic (exact) mass is 376 g/mol. The van der Waals surface area contributed by atoms with E-state index in [2.05, 4.69) is 5.32 Å². The van der Waals surface area contributed by atoms with Gasteiger partial charge in [-0.2, -0.15) is 0 Å². The number of anilines is 1. The van der Waals surface area contributed by atoms with E-state index in [1.807, 2.05) is 13.8 Å². The molecule has 0 aromatic heterocycles. The second-order valence-corrected chi connectivity index (χ2v) is 7.05. The predicted octanol–water partition coefficient (Wildman–Crippen LogP) is 0.142. The normalized spacial score (nSPS) is 11.7. The number of nitrogens with zero attached hydrogens (tertiary/aromatic N) is 1. The molecular weight excluding hydrogens is 347 g/mol. The van der Waals surface area contributed by atoms with Crippen LogP contribution in [0.3, 0.4) is 0 Å². The van der Waals surface area contributed by atoms with E-state index >= 15 is 0 Å². The molecule has 1 rings (SSSR count). The number of ether oxygens (including phenoxy) is 2.